The zero-order chi connectivity index (χ0) is 22.5. The SMILES string of the molecule is COc1ccc(N([C@H](C)C(=O)N(C)Cc2ccc(OC)c(OC)c2)S(C)(=O)=O)cc1. The molecule has 0 fully saturated rings. The van der Waals surface area contributed by atoms with Crippen molar-refractivity contribution in [1.29, 1.82) is 0 Å². The average molecular weight is 437 g/mol. The smallest absolute Gasteiger partial charge is 0.246 e. The Bertz CT molecular complexity index is 975. The molecule has 0 aromatic heterocycles. The van der Waals surface area contributed by atoms with Crippen LogP contribution in [-0.4, -0.2) is 59.9 Å². The number of amides is 1. The van der Waals surface area contributed by atoms with E-state index < -0.39 is 16.1 Å². The predicted octanol–water partition coefficient (Wildman–Crippen LogP) is 2.53. The Labute approximate surface area is 178 Å². The fraction of sp³-hybridized carbons (Fsp3) is 0.381. The van der Waals surface area contributed by atoms with E-state index in [4.69, 9.17) is 14.2 Å². The number of nitrogens with zero attached hydrogens (tertiary/aromatic N) is 2. The second-order valence-electron chi connectivity index (χ2n) is 6.82. The summed E-state index contributed by atoms with van der Waals surface area (Å²) in [5.41, 5.74) is 1.21. The molecular weight excluding hydrogens is 408 g/mol. The minimum atomic E-state index is -3.70. The molecule has 0 unspecified atom stereocenters. The predicted molar refractivity (Wildman–Crippen MR) is 116 cm³/mol. The molecule has 0 N–H and O–H groups in total. The van der Waals surface area contributed by atoms with E-state index >= 15 is 0 Å². The van der Waals surface area contributed by atoms with Gasteiger partial charge in [-0.1, -0.05) is 6.07 Å². The van der Waals surface area contributed by atoms with E-state index in [1.165, 1.54) is 19.1 Å². The van der Waals surface area contributed by atoms with Crippen LogP contribution in [0.1, 0.15) is 12.5 Å². The van der Waals surface area contributed by atoms with Gasteiger partial charge in [-0.3, -0.25) is 9.10 Å². The van der Waals surface area contributed by atoms with Crippen molar-refractivity contribution in [3.8, 4) is 17.2 Å². The van der Waals surface area contributed by atoms with E-state index in [9.17, 15) is 13.2 Å². The van der Waals surface area contributed by atoms with Gasteiger partial charge < -0.3 is 19.1 Å². The molecule has 0 radical (unpaired) electrons. The Kier molecular flexibility index (Phi) is 7.55. The van der Waals surface area contributed by atoms with Crippen LogP contribution >= 0.6 is 0 Å². The Hall–Kier alpha value is -2.94. The number of ether oxygens (including phenoxy) is 3. The number of carbonyl (C=O) groups is 1. The van der Waals surface area contributed by atoms with E-state index in [1.54, 1.807) is 57.5 Å². The third-order valence-corrected chi connectivity index (χ3v) is 5.88. The van der Waals surface area contributed by atoms with Gasteiger partial charge in [0.2, 0.25) is 15.9 Å². The van der Waals surface area contributed by atoms with Crippen LogP contribution < -0.4 is 18.5 Å². The van der Waals surface area contributed by atoms with Crippen molar-refractivity contribution in [3.63, 3.8) is 0 Å². The molecule has 30 heavy (non-hydrogen) atoms. The monoisotopic (exact) mass is 436 g/mol. The quantitative estimate of drug-likeness (QED) is 0.601. The lowest BCUT2D eigenvalue weighted by Crippen LogP contribution is -2.48. The van der Waals surface area contributed by atoms with Crippen LogP contribution in [0.4, 0.5) is 5.69 Å². The van der Waals surface area contributed by atoms with E-state index in [-0.39, 0.29) is 12.5 Å². The highest BCUT2D eigenvalue weighted by molar-refractivity contribution is 7.92. The van der Waals surface area contributed by atoms with Crippen LogP contribution in [0.5, 0.6) is 17.2 Å². The third kappa shape index (κ3) is 5.35. The minimum absolute atomic E-state index is 0.281. The van der Waals surface area contributed by atoms with Crippen molar-refractivity contribution in [2.24, 2.45) is 0 Å². The first kappa shape index (κ1) is 23.3. The molecule has 0 aliphatic rings. The molecule has 164 valence electrons. The maximum atomic E-state index is 13.0. The summed E-state index contributed by atoms with van der Waals surface area (Å²) in [5, 5.41) is 0. The summed E-state index contributed by atoms with van der Waals surface area (Å²) >= 11 is 0. The molecule has 0 aliphatic carbocycles. The Balaban J connectivity index is 2.25. The fourth-order valence-electron chi connectivity index (χ4n) is 3.18. The number of benzene rings is 2. The molecule has 2 aromatic rings. The van der Waals surface area contributed by atoms with Gasteiger partial charge in [-0.25, -0.2) is 8.42 Å². The highest BCUT2D eigenvalue weighted by Crippen LogP contribution is 2.28. The highest BCUT2D eigenvalue weighted by atomic mass is 32.2. The van der Waals surface area contributed by atoms with E-state index in [0.717, 1.165) is 16.1 Å². The molecule has 0 bridgehead atoms. The van der Waals surface area contributed by atoms with Crippen LogP contribution in [0.2, 0.25) is 0 Å². The molecule has 0 saturated heterocycles. The molecule has 1 atom stereocenters. The second-order valence-corrected chi connectivity index (χ2v) is 8.68. The van der Waals surface area contributed by atoms with Gasteiger partial charge in [-0.2, -0.15) is 0 Å². The van der Waals surface area contributed by atoms with Crippen LogP contribution in [0.15, 0.2) is 42.5 Å². The standard InChI is InChI=1S/C21H28N2O6S/c1-15(23(30(6,25)26)17-8-10-18(27-3)11-9-17)21(24)22(2)14-16-7-12-19(28-4)20(13-16)29-5/h7-13,15H,14H2,1-6H3/t15-/m1/s1. The lowest BCUT2D eigenvalue weighted by molar-refractivity contribution is -0.131. The van der Waals surface area contributed by atoms with Gasteiger partial charge >= 0.3 is 0 Å². The van der Waals surface area contributed by atoms with E-state index in [1.807, 2.05) is 6.07 Å². The van der Waals surface area contributed by atoms with Gasteiger partial charge in [0.05, 0.1) is 33.3 Å². The van der Waals surface area contributed by atoms with Gasteiger partial charge in [0.1, 0.15) is 11.8 Å². The van der Waals surface area contributed by atoms with Crippen molar-refractivity contribution in [1.82, 2.24) is 4.90 Å². The lowest BCUT2D eigenvalue weighted by atomic mass is 10.1. The summed E-state index contributed by atoms with van der Waals surface area (Å²) < 4.78 is 41.7. The number of anilines is 1. The summed E-state index contributed by atoms with van der Waals surface area (Å²) in [6.07, 6.45) is 1.08. The maximum Gasteiger partial charge on any atom is 0.246 e. The normalized spacial score (nSPS) is 12.1. The van der Waals surface area contributed by atoms with Gasteiger partial charge in [0.15, 0.2) is 11.5 Å². The number of rotatable bonds is 9. The van der Waals surface area contributed by atoms with Gasteiger partial charge in [-0.15, -0.1) is 0 Å². The number of sulfonamides is 1. The maximum absolute atomic E-state index is 13.0. The Morgan fingerprint density at radius 1 is 0.967 bits per heavy atom. The molecule has 9 heteroatoms. The summed E-state index contributed by atoms with van der Waals surface area (Å²) in [6, 6.07) is 11.0. The summed E-state index contributed by atoms with van der Waals surface area (Å²) in [4.78, 5) is 14.5. The summed E-state index contributed by atoms with van der Waals surface area (Å²) in [6.45, 7) is 1.85. The highest BCUT2D eigenvalue weighted by Gasteiger charge is 2.31. The second kappa shape index (κ2) is 9.71. The minimum Gasteiger partial charge on any atom is -0.497 e. The fourth-order valence-corrected chi connectivity index (χ4v) is 4.35. The molecule has 0 saturated carbocycles. The van der Waals surface area contributed by atoms with Crippen LogP contribution in [0.3, 0.4) is 0 Å². The molecule has 1 amide bonds. The van der Waals surface area contributed by atoms with Crippen molar-refractivity contribution in [3.05, 3.63) is 48.0 Å². The first-order valence-corrected chi connectivity index (χ1v) is 11.1. The van der Waals surface area contributed by atoms with Crippen LogP contribution in [0, 0.1) is 0 Å². The van der Waals surface area contributed by atoms with E-state index in [2.05, 4.69) is 0 Å². The topological polar surface area (TPSA) is 85.4 Å². The van der Waals surface area contributed by atoms with Crippen molar-refractivity contribution in [2.75, 3.05) is 38.9 Å². The number of carbonyl (C=O) groups excluding carboxylic acids is 1. The van der Waals surface area contributed by atoms with Gasteiger partial charge in [-0.05, 0) is 48.9 Å². The van der Waals surface area contributed by atoms with Crippen molar-refractivity contribution < 1.29 is 27.4 Å². The summed E-state index contributed by atoms with van der Waals surface area (Å²) in [5.74, 6) is 1.40. The molecule has 0 spiro atoms. The van der Waals surface area contributed by atoms with E-state index in [0.29, 0.717) is 22.9 Å². The zero-order valence-electron chi connectivity index (χ0n) is 18.1. The molecule has 0 aliphatic heterocycles. The van der Waals surface area contributed by atoms with Crippen LogP contribution in [-0.2, 0) is 21.4 Å². The molecule has 2 aromatic carbocycles. The lowest BCUT2D eigenvalue weighted by Gasteiger charge is -2.31. The summed E-state index contributed by atoms with van der Waals surface area (Å²) in [7, 11) is 2.54. The largest absolute Gasteiger partial charge is 0.497 e. The van der Waals surface area contributed by atoms with Crippen molar-refractivity contribution >= 4 is 21.6 Å². The van der Waals surface area contributed by atoms with Gasteiger partial charge in [0, 0.05) is 13.6 Å². The molecule has 0 heterocycles. The Morgan fingerprint density at radius 3 is 2.07 bits per heavy atom. The number of methoxy groups -OCH3 is 3. The number of hydrogen-bond acceptors (Lipinski definition) is 6. The molecular formula is C21H28N2O6S. The third-order valence-electron chi connectivity index (χ3n) is 4.64. The average Bonchev–Trinajstić information content (AvgIpc) is 2.72. The first-order chi connectivity index (χ1) is 14.1. The number of hydrogen-bond donors (Lipinski definition) is 0. The zero-order valence-corrected chi connectivity index (χ0v) is 18.9. The van der Waals surface area contributed by atoms with Gasteiger partial charge in [0.25, 0.3) is 0 Å². The Morgan fingerprint density at radius 2 is 1.57 bits per heavy atom. The van der Waals surface area contributed by atoms with Crippen LogP contribution in [0.25, 0.3) is 0 Å². The first-order valence-electron chi connectivity index (χ1n) is 9.21. The number of likely N-dealkylation sites (N-methyl/N-ethyl adjacent to an activating group) is 1. The van der Waals surface area contributed by atoms with Crippen molar-refractivity contribution in [2.45, 2.75) is 19.5 Å². The molecule has 8 nitrogen and oxygen atoms in total. The molecule has 2 rings (SSSR count).